The van der Waals surface area contributed by atoms with E-state index in [-0.39, 0.29) is 0 Å². The molecule has 0 radical (unpaired) electrons. The van der Waals surface area contributed by atoms with Gasteiger partial charge < -0.3 is 5.32 Å². The largest absolute Gasteiger partial charge is 0.310 e. The van der Waals surface area contributed by atoms with Crippen LogP contribution in [-0.4, -0.2) is 6.54 Å². The molecule has 1 heteroatoms. The van der Waals surface area contributed by atoms with E-state index in [0.717, 1.165) is 5.92 Å². The molecule has 15 heavy (non-hydrogen) atoms. The van der Waals surface area contributed by atoms with Crippen LogP contribution in [0.1, 0.15) is 42.5 Å². The second-order valence-electron chi connectivity index (χ2n) is 5.00. The van der Waals surface area contributed by atoms with Gasteiger partial charge in [0.1, 0.15) is 0 Å². The Hall–Kier alpha value is -0.820. The molecule has 1 aliphatic rings. The number of hydrogen-bond donors (Lipinski definition) is 1. The Labute approximate surface area is 92.9 Å². The highest BCUT2D eigenvalue weighted by molar-refractivity contribution is 5.33. The Morgan fingerprint density at radius 3 is 2.73 bits per heavy atom. The molecular formula is C14H21N. The first-order valence-electron chi connectivity index (χ1n) is 5.97. The van der Waals surface area contributed by atoms with E-state index < -0.39 is 0 Å². The summed E-state index contributed by atoms with van der Waals surface area (Å²) in [7, 11) is 0. The molecule has 1 nitrogen and oxygen atoms in total. The van der Waals surface area contributed by atoms with E-state index in [1.807, 2.05) is 0 Å². The fourth-order valence-electron chi connectivity index (χ4n) is 2.56. The number of piperidine rings is 1. The molecule has 0 aromatic heterocycles. The van der Waals surface area contributed by atoms with E-state index in [2.05, 4.69) is 44.3 Å². The van der Waals surface area contributed by atoms with Crippen molar-refractivity contribution in [2.45, 2.75) is 39.7 Å². The topological polar surface area (TPSA) is 12.0 Å². The van der Waals surface area contributed by atoms with Crippen molar-refractivity contribution in [2.75, 3.05) is 6.54 Å². The van der Waals surface area contributed by atoms with Crippen LogP contribution in [0, 0.1) is 19.8 Å². The molecular weight excluding hydrogens is 182 g/mol. The number of benzene rings is 1. The Balaban J connectivity index is 2.21. The lowest BCUT2D eigenvalue weighted by atomic mass is 9.88. The quantitative estimate of drug-likeness (QED) is 0.738. The number of hydrogen-bond acceptors (Lipinski definition) is 1. The first-order valence-corrected chi connectivity index (χ1v) is 5.97. The lowest BCUT2D eigenvalue weighted by Gasteiger charge is -2.29. The third-order valence-electron chi connectivity index (χ3n) is 3.47. The highest BCUT2D eigenvalue weighted by atomic mass is 14.9. The van der Waals surface area contributed by atoms with Gasteiger partial charge in [0.2, 0.25) is 0 Å². The average molecular weight is 203 g/mol. The van der Waals surface area contributed by atoms with E-state index in [1.54, 1.807) is 0 Å². The Kier molecular flexibility index (Phi) is 3.11. The Morgan fingerprint density at radius 2 is 2.07 bits per heavy atom. The first kappa shape index (κ1) is 10.7. The maximum Gasteiger partial charge on any atom is 0.0325 e. The monoisotopic (exact) mass is 203 g/mol. The SMILES string of the molecule is Cc1ccc(C2C[C@H](C)CCN2)c(C)c1. The van der Waals surface area contributed by atoms with E-state index in [4.69, 9.17) is 0 Å². The molecule has 1 N–H and O–H groups in total. The summed E-state index contributed by atoms with van der Waals surface area (Å²) in [5.41, 5.74) is 4.29. The molecule has 1 fully saturated rings. The fourth-order valence-corrected chi connectivity index (χ4v) is 2.56. The minimum absolute atomic E-state index is 0.578. The van der Waals surface area contributed by atoms with Crippen LogP contribution >= 0.6 is 0 Å². The summed E-state index contributed by atoms with van der Waals surface area (Å²) in [5, 5.41) is 3.63. The van der Waals surface area contributed by atoms with E-state index >= 15 is 0 Å². The summed E-state index contributed by atoms with van der Waals surface area (Å²) in [5.74, 6) is 0.858. The van der Waals surface area contributed by atoms with Gasteiger partial charge in [-0.1, -0.05) is 30.7 Å². The zero-order valence-corrected chi connectivity index (χ0v) is 10.0. The van der Waals surface area contributed by atoms with Gasteiger partial charge >= 0.3 is 0 Å². The first-order chi connectivity index (χ1) is 7.16. The van der Waals surface area contributed by atoms with Crippen molar-refractivity contribution in [3.63, 3.8) is 0 Å². The van der Waals surface area contributed by atoms with Crippen molar-refractivity contribution in [3.8, 4) is 0 Å². The van der Waals surface area contributed by atoms with Crippen molar-refractivity contribution >= 4 is 0 Å². The fraction of sp³-hybridized carbons (Fsp3) is 0.571. The summed E-state index contributed by atoms with van der Waals surface area (Å²) in [6.45, 7) is 7.91. The number of nitrogens with one attached hydrogen (secondary N) is 1. The van der Waals surface area contributed by atoms with Crippen LogP contribution < -0.4 is 5.32 Å². The minimum atomic E-state index is 0.578. The zero-order chi connectivity index (χ0) is 10.8. The molecule has 0 bridgehead atoms. The summed E-state index contributed by atoms with van der Waals surface area (Å²) >= 11 is 0. The second kappa shape index (κ2) is 4.36. The van der Waals surface area contributed by atoms with Gasteiger partial charge in [0.05, 0.1) is 0 Å². The molecule has 1 aromatic carbocycles. The van der Waals surface area contributed by atoms with Gasteiger partial charge in [-0.3, -0.25) is 0 Å². The molecule has 0 amide bonds. The molecule has 2 rings (SSSR count). The molecule has 1 unspecified atom stereocenters. The number of aryl methyl sites for hydroxylation is 2. The van der Waals surface area contributed by atoms with Gasteiger partial charge in [-0.25, -0.2) is 0 Å². The molecule has 1 heterocycles. The normalized spacial score (nSPS) is 26.6. The highest BCUT2D eigenvalue weighted by Gasteiger charge is 2.20. The Morgan fingerprint density at radius 1 is 1.27 bits per heavy atom. The van der Waals surface area contributed by atoms with Crippen molar-refractivity contribution < 1.29 is 0 Å². The van der Waals surface area contributed by atoms with Crippen LogP contribution in [0.4, 0.5) is 0 Å². The lowest BCUT2D eigenvalue weighted by molar-refractivity contribution is 0.324. The van der Waals surface area contributed by atoms with E-state index in [0.29, 0.717) is 6.04 Å². The van der Waals surface area contributed by atoms with Crippen LogP contribution in [0.5, 0.6) is 0 Å². The third kappa shape index (κ3) is 2.40. The van der Waals surface area contributed by atoms with Gasteiger partial charge in [-0.2, -0.15) is 0 Å². The molecule has 1 aromatic rings. The lowest BCUT2D eigenvalue weighted by Crippen LogP contribution is -2.31. The van der Waals surface area contributed by atoms with E-state index in [1.165, 1.54) is 36.1 Å². The molecule has 2 atom stereocenters. The molecule has 0 aliphatic carbocycles. The van der Waals surface area contributed by atoms with Crippen LogP contribution in [0.25, 0.3) is 0 Å². The summed E-state index contributed by atoms with van der Waals surface area (Å²) in [6, 6.07) is 7.38. The predicted octanol–water partition coefficient (Wildman–Crippen LogP) is 3.36. The molecule has 82 valence electrons. The molecule has 0 spiro atoms. The summed E-state index contributed by atoms with van der Waals surface area (Å²) in [6.07, 6.45) is 2.60. The third-order valence-corrected chi connectivity index (χ3v) is 3.47. The van der Waals surface area contributed by atoms with Gasteiger partial charge in [-0.15, -0.1) is 0 Å². The zero-order valence-electron chi connectivity index (χ0n) is 10.0. The van der Waals surface area contributed by atoms with Crippen LogP contribution in [-0.2, 0) is 0 Å². The summed E-state index contributed by atoms with van der Waals surface area (Å²) in [4.78, 5) is 0. The van der Waals surface area contributed by atoms with E-state index in [9.17, 15) is 0 Å². The maximum absolute atomic E-state index is 3.63. The Bertz CT molecular complexity index is 343. The van der Waals surface area contributed by atoms with Gasteiger partial charge in [0, 0.05) is 6.04 Å². The predicted molar refractivity (Wildman–Crippen MR) is 65.1 cm³/mol. The van der Waals surface area contributed by atoms with Crippen LogP contribution in [0.2, 0.25) is 0 Å². The van der Waals surface area contributed by atoms with Gasteiger partial charge in [-0.05, 0) is 50.3 Å². The standard InChI is InChI=1S/C14H21N/c1-10-4-5-13(12(3)8-10)14-9-11(2)6-7-15-14/h4-5,8,11,14-15H,6-7,9H2,1-3H3/t11-,14?/m1/s1. The minimum Gasteiger partial charge on any atom is -0.310 e. The molecule has 0 saturated carbocycles. The highest BCUT2D eigenvalue weighted by Crippen LogP contribution is 2.29. The van der Waals surface area contributed by atoms with Crippen LogP contribution in [0.15, 0.2) is 18.2 Å². The molecule has 1 aliphatic heterocycles. The van der Waals surface area contributed by atoms with Crippen molar-refractivity contribution in [1.29, 1.82) is 0 Å². The van der Waals surface area contributed by atoms with Gasteiger partial charge in [0.25, 0.3) is 0 Å². The van der Waals surface area contributed by atoms with Gasteiger partial charge in [0.15, 0.2) is 0 Å². The van der Waals surface area contributed by atoms with Crippen molar-refractivity contribution in [1.82, 2.24) is 5.32 Å². The smallest absolute Gasteiger partial charge is 0.0325 e. The van der Waals surface area contributed by atoms with Crippen molar-refractivity contribution in [2.24, 2.45) is 5.92 Å². The average Bonchev–Trinajstić information content (AvgIpc) is 2.17. The van der Waals surface area contributed by atoms with Crippen molar-refractivity contribution in [3.05, 3.63) is 34.9 Å². The van der Waals surface area contributed by atoms with Crippen LogP contribution in [0.3, 0.4) is 0 Å². The second-order valence-corrected chi connectivity index (χ2v) is 5.00. The molecule has 1 saturated heterocycles. The number of rotatable bonds is 1. The maximum atomic E-state index is 3.63. The summed E-state index contributed by atoms with van der Waals surface area (Å²) < 4.78 is 0.